The van der Waals surface area contributed by atoms with Crippen LogP contribution < -0.4 is 10.2 Å². The average molecular weight is 394 g/mol. The number of amides is 2. The van der Waals surface area contributed by atoms with Gasteiger partial charge >= 0.3 is 0 Å². The third-order valence-corrected chi connectivity index (χ3v) is 5.23. The van der Waals surface area contributed by atoms with Crippen LogP contribution in [0.15, 0.2) is 53.5 Å². The van der Waals surface area contributed by atoms with Crippen molar-refractivity contribution in [1.29, 1.82) is 0 Å². The summed E-state index contributed by atoms with van der Waals surface area (Å²) < 4.78 is 0. The van der Waals surface area contributed by atoms with Gasteiger partial charge in [0.2, 0.25) is 5.91 Å². The highest BCUT2D eigenvalue weighted by Gasteiger charge is 2.38. The summed E-state index contributed by atoms with van der Waals surface area (Å²) in [5.74, 6) is -1.41. The van der Waals surface area contributed by atoms with Crippen LogP contribution in [0.5, 0.6) is 0 Å². The van der Waals surface area contributed by atoms with E-state index in [1.54, 1.807) is 12.1 Å². The highest BCUT2D eigenvalue weighted by atomic mass is 32.1. The number of hydrogen-bond acceptors (Lipinski definition) is 4. The Labute approximate surface area is 170 Å². The van der Waals surface area contributed by atoms with Gasteiger partial charge in [-0.2, -0.15) is 0 Å². The van der Waals surface area contributed by atoms with Gasteiger partial charge in [0.15, 0.2) is 11.0 Å². The third kappa shape index (κ3) is 4.17. The number of carbonyl (C=O) groups is 2. The number of thiocarbonyl (C=S) groups is 1. The van der Waals surface area contributed by atoms with E-state index in [-0.39, 0.29) is 5.11 Å². The van der Waals surface area contributed by atoms with E-state index in [4.69, 9.17) is 12.2 Å². The van der Waals surface area contributed by atoms with E-state index in [2.05, 4.69) is 24.2 Å². The summed E-state index contributed by atoms with van der Waals surface area (Å²) in [4.78, 5) is 30.9. The Morgan fingerprint density at radius 3 is 2.39 bits per heavy atom. The molecule has 1 N–H and O–H groups in total. The topological polar surface area (TPSA) is 61.8 Å². The van der Waals surface area contributed by atoms with Crippen LogP contribution in [0.4, 0.5) is 11.4 Å². The number of aliphatic imine (C=N–C) groups is 1. The minimum atomic E-state index is -1.03. The van der Waals surface area contributed by atoms with Gasteiger partial charge < -0.3 is 5.32 Å². The third-order valence-electron chi connectivity index (χ3n) is 4.94. The molecular formula is C22H23N3O2S. The van der Waals surface area contributed by atoms with Crippen molar-refractivity contribution in [2.24, 2.45) is 10.9 Å². The van der Waals surface area contributed by atoms with Crippen LogP contribution in [0.3, 0.4) is 0 Å². The fraction of sp³-hybridized carbons (Fsp3) is 0.273. The van der Waals surface area contributed by atoms with Crippen LogP contribution in [-0.2, 0) is 9.59 Å². The molecule has 1 heterocycles. The van der Waals surface area contributed by atoms with Gasteiger partial charge in [-0.15, -0.1) is 0 Å². The van der Waals surface area contributed by atoms with Crippen LogP contribution in [0.1, 0.15) is 37.3 Å². The standard InChI is InChI=1S/C22H23N3O2S/c1-4-15(3)16-7-9-17(10-8-16)23-13-19-20(26)24-22(28)25(21(19)27)18-11-5-14(2)6-12-18/h5-13,15,19H,4H2,1-3H3,(H,24,26,28)/t15-,19+/m0/s1. The van der Waals surface area contributed by atoms with Gasteiger partial charge in [-0.1, -0.05) is 43.7 Å². The van der Waals surface area contributed by atoms with Crippen LogP contribution in [-0.4, -0.2) is 23.1 Å². The lowest BCUT2D eigenvalue weighted by Gasteiger charge is -2.30. The zero-order chi connectivity index (χ0) is 20.3. The molecule has 1 saturated heterocycles. The van der Waals surface area contributed by atoms with Gasteiger partial charge in [-0.25, -0.2) is 0 Å². The summed E-state index contributed by atoms with van der Waals surface area (Å²) in [6, 6.07) is 15.2. The summed E-state index contributed by atoms with van der Waals surface area (Å²) >= 11 is 5.21. The Balaban J connectivity index is 1.81. The summed E-state index contributed by atoms with van der Waals surface area (Å²) in [5, 5.41) is 2.68. The monoisotopic (exact) mass is 393 g/mol. The molecule has 144 valence electrons. The van der Waals surface area contributed by atoms with Gasteiger partial charge in [0, 0.05) is 6.21 Å². The van der Waals surface area contributed by atoms with E-state index in [0.717, 1.165) is 12.0 Å². The maximum absolute atomic E-state index is 12.9. The minimum absolute atomic E-state index is 0.0846. The number of anilines is 1. The zero-order valence-corrected chi connectivity index (χ0v) is 17.0. The van der Waals surface area contributed by atoms with Crippen molar-refractivity contribution in [3.63, 3.8) is 0 Å². The molecule has 0 aliphatic carbocycles. The molecule has 0 unspecified atom stereocenters. The molecule has 0 aromatic heterocycles. The summed E-state index contributed by atoms with van der Waals surface area (Å²) in [7, 11) is 0. The molecule has 0 bridgehead atoms. The van der Waals surface area contributed by atoms with E-state index in [1.807, 2.05) is 43.3 Å². The van der Waals surface area contributed by atoms with Crippen molar-refractivity contribution in [3.8, 4) is 0 Å². The Morgan fingerprint density at radius 2 is 1.79 bits per heavy atom. The van der Waals surface area contributed by atoms with Crippen molar-refractivity contribution in [2.75, 3.05) is 4.90 Å². The lowest BCUT2D eigenvalue weighted by atomic mass is 9.99. The van der Waals surface area contributed by atoms with Crippen molar-refractivity contribution < 1.29 is 9.59 Å². The van der Waals surface area contributed by atoms with E-state index in [9.17, 15) is 9.59 Å². The second kappa shape index (κ2) is 8.44. The molecule has 3 rings (SSSR count). The zero-order valence-electron chi connectivity index (χ0n) is 16.2. The molecule has 0 saturated carbocycles. The average Bonchev–Trinajstić information content (AvgIpc) is 2.69. The first kappa shape index (κ1) is 19.9. The Bertz CT molecular complexity index is 920. The van der Waals surface area contributed by atoms with Crippen LogP contribution in [0, 0.1) is 12.8 Å². The first-order valence-electron chi connectivity index (χ1n) is 9.30. The molecule has 6 heteroatoms. The normalized spacial score (nSPS) is 18.5. The number of aryl methyl sites for hydroxylation is 1. The number of nitrogens with zero attached hydrogens (tertiary/aromatic N) is 2. The van der Waals surface area contributed by atoms with E-state index in [1.165, 1.54) is 16.7 Å². The van der Waals surface area contributed by atoms with Crippen molar-refractivity contribution in [3.05, 3.63) is 59.7 Å². The minimum Gasteiger partial charge on any atom is -0.301 e. The molecule has 0 spiro atoms. The highest BCUT2D eigenvalue weighted by molar-refractivity contribution is 7.80. The molecule has 5 nitrogen and oxygen atoms in total. The smallest absolute Gasteiger partial charge is 0.251 e. The van der Waals surface area contributed by atoms with Crippen LogP contribution in [0.25, 0.3) is 0 Å². The molecule has 1 aliphatic heterocycles. The summed E-state index contributed by atoms with van der Waals surface area (Å²) in [6.45, 7) is 6.28. The van der Waals surface area contributed by atoms with Gasteiger partial charge in [-0.05, 0) is 61.3 Å². The number of benzene rings is 2. The quantitative estimate of drug-likeness (QED) is 0.469. The summed E-state index contributed by atoms with van der Waals surface area (Å²) in [6.07, 6.45) is 2.45. The van der Waals surface area contributed by atoms with E-state index < -0.39 is 17.7 Å². The lowest BCUT2D eigenvalue weighted by molar-refractivity contribution is -0.130. The maximum atomic E-state index is 12.9. The maximum Gasteiger partial charge on any atom is 0.251 e. The number of rotatable bonds is 5. The van der Waals surface area contributed by atoms with E-state index >= 15 is 0 Å². The Hall–Kier alpha value is -2.86. The second-order valence-corrected chi connectivity index (χ2v) is 7.35. The lowest BCUT2D eigenvalue weighted by Crippen LogP contribution is -2.58. The fourth-order valence-electron chi connectivity index (χ4n) is 2.95. The SMILES string of the molecule is CC[C@H](C)c1ccc(N=C[C@@H]2C(=O)NC(=S)N(c3ccc(C)cc3)C2=O)cc1. The van der Waals surface area contributed by atoms with Gasteiger partial charge in [0.1, 0.15) is 0 Å². The Kier molecular flexibility index (Phi) is 5.99. The van der Waals surface area contributed by atoms with Crippen molar-refractivity contribution >= 4 is 46.7 Å². The van der Waals surface area contributed by atoms with Crippen molar-refractivity contribution in [1.82, 2.24) is 5.32 Å². The fourth-order valence-corrected chi connectivity index (χ4v) is 3.24. The van der Waals surface area contributed by atoms with Gasteiger partial charge in [0.25, 0.3) is 5.91 Å². The first-order valence-corrected chi connectivity index (χ1v) is 9.71. The molecule has 2 amide bonds. The van der Waals surface area contributed by atoms with Gasteiger partial charge in [0.05, 0.1) is 11.4 Å². The number of hydrogen-bond donors (Lipinski definition) is 1. The molecule has 1 aliphatic rings. The Morgan fingerprint density at radius 1 is 1.14 bits per heavy atom. The molecule has 1 fully saturated rings. The largest absolute Gasteiger partial charge is 0.301 e. The predicted molar refractivity (Wildman–Crippen MR) is 116 cm³/mol. The van der Waals surface area contributed by atoms with Crippen LogP contribution >= 0.6 is 12.2 Å². The van der Waals surface area contributed by atoms with E-state index in [0.29, 0.717) is 17.3 Å². The second-order valence-electron chi connectivity index (χ2n) is 6.96. The molecule has 2 atom stereocenters. The predicted octanol–water partition coefficient (Wildman–Crippen LogP) is 4.27. The van der Waals surface area contributed by atoms with Gasteiger partial charge in [-0.3, -0.25) is 19.5 Å². The highest BCUT2D eigenvalue weighted by Crippen LogP contribution is 2.23. The first-order chi connectivity index (χ1) is 13.4. The molecule has 0 radical (unpaired) electrons. The van der Waals surface area contributed by atoms with Crippen molar-refractivity contribution in [2.45, 2.75) is 33.1 Å². The number of carbonyl (C=O) groups excluding carboxylic acids is 2. The molecule has 2 aromatic rings. The molecular weight excluding hydrogens is 370 g/mol. The molecule has 28 heavy (non-hydrogen) atoms. The molecule has 2 aromatic carbocycles. The summed E-state index contributed by atoms with van der Waals surface area (Å²) in [5.41, 5.74) is 3.63. The van der Waals surface area contributed by atoms with Crippen LogP contribution in [0.2, 0.25) is 0 Å². The number of nitrogens with one attached hydrogen (secondary N) is 1.